The number of carbonyl (C=O) groups excluding carboxylic acids is 2. The smallest absolute Gasteiger partial charge is 0.338 e. The molecule has 0 bridgehead atoms. The molecule has 0 spiro atoms. The lowest BCUT2D eigenvalue weighted by Crippen LogP contribution is -2.09. The first-order valence-electron chi connectivity index (χ1n) is 8.18. The van der Waals surface area contributed by atoms with Gasteiger partial charge in [-0.25, -0.2) is 9.59 Å². The van der Waals surface area contributed by atoms with E-state index in [1.165, 1.54) is 0 Å². The van der Waals surface area contributed by atoms with Gasteiger partial charge in [0, 0.05) is 0 Å². The number of esters is 2. The van der Waals surface area contributed by atoms with E-state index in [0.717, 1.165) is 12.8 Å². The fraction of sp³-hybridized carbons (Fsp3) is 0.300. The molecule has 0 radical (unpaired) electrons. The van der Waals surface area contributed by atoms with Gasteiger partial charge in [0.1, 0.15) is 0 Å². The van der Waals surface area contributed by atoms with E-state index in [4.69, 9.17) is 9.47 Å². The van der Waals surface area contributed by atoms with Crippen molar-refractivity contribution in [3.63, 3.8) is 0 Å². The van der Waals surface area contributed by atoms with Crippen LogP contribution in [0.4, 0.5) is 0 Å². The van der Waals surface area contributed by atoms with Crippen molar-refractivity contribution >= 4 is 11.9 Å². The van der Waals surface area contributed by atoms with E-state index in [1.807, 2.05) is 36.4 Å². The third-order valence-electron chi connectivity index (χ3n) is 4.24. The quantitative estimate of drug-likeness (QED) is 0.728. The zero-order valence-corrected chi connectivity index (χ0v) is 13.4. The van der Waals surface area contributed by atoms with Crippen LogP contribution in [0.3, 0.4) is 0 Å². The summed E-state index contributed by atoms with van der Waals surface area (Å²) in [6.45, 7) is 0.840. The summed E-state index contributed by atoms with van der Waals surface area (Å²) >= 11 is 0. The van der Waals surface area contributed by atoms with Gasteiger partial charge in [0.05, 0.1) is 24.3 Å². The Hall–Kier alpha value is -2.62. The van der Waals surface area contributed by atoms with E-state index in [1.54, 1.807) is 24.3 Å². The van der Waals surface area contributed by atoms with Crippen LogP contribution in [0.2, 0.25) is 0 Å². The molecule has 0 amide bonds. The van der Waals surface area contributed by atoms with E-state index in [9.17, 15) is 9.59 Å². The summed E-state index contributed by atoms with van der Waals surface area (Å²) in [6, 6.07) is 18.0. The third kappa shape index (κ3) is 4.44. The van der Waals surface area contributed by atoms with Crippen molar-refractivity contribution in [2.75, 3.05) is 13.2 Å². The molecule has 0 unspecified atom stereocenters. The van der Waals surface area contributed by atoms with Crippen LogP contribution in [-0.2, 0) is 9.47 Å². The Morgan fingerprint density at radius 3 is 1.92 bits per heavy atom. The Balaban J connectivity index is 1.32. The highest BCUT2D eigenvalue weighted by Gasteiger charge is 2.37. The SMILES string of the molecule is O=C(OCC[C@@H]1C[C@H]1COC(=O)c1ccccc1)c1ccccc1. The van der Waals surface area contributed by atoms with E-state index in [-0.39, 0.29) is 11.9 Å². The Morgan fingerprint density at radius 1 is 0.792 bits per heavy atom. The van der Waals surface area contributed by atoms with Gasteiger partial charge in [-0.1, -0.05) is 36.4 Å². The molecular weight excluding hydrogens is 304 g/mol. The Morgan fingerprint density at radius 2 is 1.33 bits per heavy atom. The standard InChI is InChI=1S/C20H20O4/c21-19(15-7-3-1-4-8-15)23-12-11-17-13-18(17)14-24-20(22)16-9-5-2-6-10-16/h1-10,17-18H,11-14H2/t17-,18+/m1/s1. The molecule has 0 aromatic heterocycles. The van der Waals surface area contributed by atoms with Crippen LogP contribution in [0.1, 0.15) is 33.6 Å². The van der Waals surface area contributed by atoms with Gasteiger partial charge >= 0.3 is 11.9 Å². The van der Waals surface area contributed by atoms with Crippen LogP contribution in [0, 0.1) is 11.8 Å². The molecule has 124 valence electrons. The lowest BCUT2D eigenvalue weighted by molar-refractivity contribution is 0.0468. The minimum absolute atomic E-state index is 0.281. The molecule has 1 saturated carbocycles. The van der Waals surface area contributed by atoms with E-state index in [0.29, 0.717) is 36.2 Å². The minimum Gasteiger partial charge on any atom is -0.462 e. The second kappa shape index (κ2) is 7.77. The molecule has 2 aromatic rings. The first kappa shape index (κ1) is 16.2. The zero-order valence-electron chi connectivity index (χ0n) is 13.4. The number of carbonyl (C=O) groups is 2. The predicted molar refractivity (Wildman–Crippen MR) is 89.7 cm³/mol. The number of hydrogen-bond acceptors (Lipinski definition) is 4. The van der Waals surface area contributed by atoms with E-state index >= 15 is 0 Å². The molecule has 2 aromatic carbocycles. The van der Waals surface area contributed by atoms with Gasteiger partial charge in [-0.3, -0.25) is 0 Å². The monoisotopic (exact) mass is 324 g/mol. The van der Waals surface area contributed by atoms with E-state index < -0.39 is 0 Å². The molecule has 4 heteroatoms. The molecule has 0 heterocycles. The molecule has 0 N–H and O–H groups in total. The largest absolute Gasteiger partial charge is 0.462 e. The summed E-state index contributed by atoms with van der Waals surface area (Å²) in [4.78, 5) is 23.7. The summed E-state index contributed by atoms with van der Waals surface area (Å²) in [6.07, 6.45) is 1.83. The molecule has 2 atom stereocenters. The highest BCUT2D eigenvalue weighted by atomic mass is 16.5. The molecule has 1 fully saturated rings. The lowest BCUT2D eigenvalue weighted by atomic mass is 10.2. The first-order chi connectivity index (χ1) is 11.7. The highest BCUT2D eigenvalue weighted by molar-refractivity contribution is 5.89. The number of hydrogen-bond donors (Lipinski definition) is 0. The van der Waals surface area contributed by atoms with Gasteiger partial charge in [0.15, 0.2) is 0 Å². The zero-order chi connectivity index (χ0) is 16.8. The maximum Gasteiger partial charge on any atom is 0.338 e. The summed E-state index contributed by atoms with van der Waals surface area (Å²) in [5, 5.41) is 0. The van der Waals surface area contributed by atoms with Gasteiger partial charge in [0.2, 0.25) is 0 Å². The Bertz CT molecular complexity index is 681. The average molecular weight is 324 g/mol. The van der Waals surface area contributed by atoms with Crippen LogP contribution in [0.15, 0.2) is 60.7 Å². The van der Waals surface area contributed by atoms with Crippen LogP contribution in [0.5, 0.6) is 0 Å². The molecule has 24 heavy (non-hydrogen) atoms. The minimum atomic E-state index is -0.289. The van der Waals surface area contributed by atoms with Crippen molar-refractivity contribution in [3.05, 3.63) is 71.8 Å². The fourth-order valence-corrected chi connectivity index (χ4v) is 2.67. The normalized spacial score (nSPS) is 18.7. The predicted octanol–water partition coefficient (Wildman–Crippen LogP) is 3.73. The molecule has 0 aliphatic heterocycles. The molecule has 3 rings (SSSR count). The van der Waals surface area contributed by atoms with Gasteiger partial charge in [-0.05, 0) is 48.9 Å². The summed E-state index contributed by atoms with van der Waals surface area (Å²) in [5.41, 5.74) is 1.15. The maximum atomic E-state index is 11.9. The molecule has 0 saturated heterocycles. The Labute approximate surface area is 141 Å². The summed E-state index contributed by atoms with van der Waals surface area (Å²) in [7, 11) is 0. The van der Waals surface area contributed by atoms with Crippen LogP contribution in [-0.4, -0.2) is 25.2 Å². The van der Waals surface area contributed by atoms with Crippen molar-refractivity contribution < 1.29 is 19.1 Å². The van der Waals surface area contributed by atoms with Gasteiger partial charge in [-0.15, -0.1) is 0 Å². The third-order valence-corrected chi connectivity index (χ3v) is 4.24. The van der Waals surface area contributed by atoms with Gasteiger partial charge in [0.25, 0.3) is 0 Å². The van der Waals surface area contributed by atoms with Crippen LogP contribution < -0.4 is 0 Å². The summed E-state index contributed by atoms with van der Waals surface area (Å²) in [5.74, 6) is 0.283. The van der Waals surface area contributed by atoms with Crippen molar-refractivity contribution in [2.24, 2.45) is 11.8 Å². The maximum absolute atomic E-state index is 11.9. The van der Waals surface area contributed by atoms with Crippen LogP contribution >= 0.6 is 0 Å². The number of ether oxygens (including phenoxy) is 2. The number of benzene rings is 2. The highest BCUT2D eigenvalue weighted by Crippen LogP contribution is 2.41. The average Bonchev–Trinajstić information content (AvgIpc) is 3.39. The molecule has 4 nitrogen and oxygen atoms in total. The van der Waals surface area contributed by atoms with Gasteiger partial charge in [-0.2, -0.15) is 0 Å². The van der Waals surface area contributed by atoms with Crippen molar-refractivity contribution in [1.29, 1.82) is 0 Å². The van der Waals surface area contributed by atoms with Crippen molar-refractivity contribution in [2.45, 2.75) is 12.8 Å². The summed E-state index contributed by atoms with van der Waals surface area (Å²) < 4.78 is 10.6. The second-order valence-corrected chi connectivity index (χ2v) is 6.01. The molecular formula is C20H20O4. The van der Waals surface area contributed by atoms with Gasteiger partial charge < -0.3 is 9.47 Å². The first-order valence-corrected chi connectivity index (χ1v) is 8.18. The van der Waals surface area contributed by atoms with Crippen LogP contribution in [0.25, 0.3) is 0 Å². The molecule has 1 aliphatic rings. The van der Waals surface area contributed by atoms with Crippen molar-refractivity contribution in [3.8, 4) is 0 Å². The number of rotatable bonds is 7. The molecule has 1 aliphatic carbocycles. The Kier molecular flexibility index (Phi) is 5.26. The topological polar surface area (TPSA) is 52.6 Å². The second-order valence-electron chi connectivity index (χ2n) is 6.01. The van der Waals surface area contributed by atoms with Crippen molar-refractivity contribution in [1.82, 2.24) is 0 Å². The fourth-order valence-electron chi connectivity index (χ4n) is 2.67. The van der Waals surface area contributed by atoms with E-state index in [2.05, 4.69) is 0 Å². The lowest BCUT2D eigenvalue weighted by Gasteiger charge is -2.06.